The molecule has 1 unspecified atom stereocenters. The fourth-order valence-electron chi connectivity index (χ4n) is 4.31. The van der Waals surface area contributed by atoms with Crippen LogP contribution in [-0.2, 0) is 17.8 Å². The highest BCUT2D eigenvalue weighted by Crippen LogP contribution is 2.26. The Morgan fingerprint density at radius 1 is 1.02 bits per heavy atom. The molecule has 1 atom stereocenters. The molecule has 0 radical (unpaired) electrons. The number of fused-ring (bicyclic) bond motifs is 1. The van der Waals surface area contributed by atoms with Gasteiger partial charge in [-0.2, -0.15) is 0 Å². The Kier molecular flexibility index (Phi) is 7.94. The van der Waals surface area contributed by atoms with Crippen LogP contribution in [0.15, 0.2) is 97.6 Å². The van der Waals surface area contributed by atoms with Crippen molar-refractivity contribution in [3.05, 3.63) is 136 Å². The van der Waals surface area contributed by atoms with Crippen molar-refractivity contribution in [2.75, 3.05) is 4.31 Å². The van der Waals surface area contributed by atoms with Gasteiger partial charge in [-0.05, 0) is 72.6 Å². The maximum atomic E-state index is 13.4. The molecule has 6 nitrogen and oxygen atoms in total. The van der Waals surface area contributed by atoms with Crippen molar-refractivity contribution < 1.29 is 13.6 Å². The summed E-state index contributed by atoms with van der Waals surface area (Å²) in [7, 11) is 0. The third-order valence-corrected chi connectivity index (χ3v) is 7.44. The average molecular weight is 566 g/mol. The number of halogens is 1. The van der Waals surface area contributed by atoms with Crippen molar-refractivity contribution in [1.29, 1.82) is 0 Å². The summed E-state index contributed by atoms with van der Waals surface area (Å²) in [5, 5.41) is 0.568. The highest BCUT2D eigenvalue weighted by Gasteiger charge is 2.24. The fourth-order valence-corrected chi connectivity index (χ4v) is 5.10. The van der Waals surface area contributed by atoms with E-state index in [9.17, 15) is 13.6 Å². The molecule has 1 heterocycles. The first-order valence-electron chi connectivity index (χ1n) is 12.3. The Bertz CT molecular complexity index is 1820. The molecule has 0 fully saturated rings. The third kappa shape index (κ3) is 5.75. The number of anilines is 1. The average Bonchev–Trinajstić information content (AvgIpc) is 3.27. The number of nitrogens with zero attached hydrogens (tertiary/aromatic N) is 3. The SMILES string of the molecule is C=Cc1ccc(N(C(=O)c2ccc3nc(C)n(Cc4ccc(C#Cc5ccccc5)cc4Cl)c3c2)S(=O)O)cc1. The zero-order chi connectivity index (χ0) is 28.2. The van der Waals surface area contributed by atoms with Crippen molar-refractivity contribution >= 4 is 51.6 Å². The maximum Gasteiger partial charge on any atom is 0.272 e. The van der Waals surface area contributed by atoms with Gasteiger partial charge in [0.2, 0.25) is 0 Å². The fraction of sp³-hybridized carbons (Fsp3) is 0.0625. The van der Waals surface area contributed by atoms with Gasteiger partial charge in [-0.25, -0.2) is 13.5 Å². The van der Waals surface area contributed by atoms with E-state index in [-0.39, 0.29) is 5.56 Å². The van der Waals surface area contributed by atoms with Crippen LogP contribution in [0.5, 0.6) is 0 Å². The normalized spacial score (nSPS) is 11.5. The smallest absolute Gasteiger partial charge is 0.272 e. The van der Waals surface area contributed by atoms with Gasteiger partial charge in [-0.3, -0.25) is 9.35 Å². The van der Waals surface area contributed by atoms with E-state index in [0.717, 1.165) is 32.4 Å². The van der Waals surface area contributed by atoms with Gasteiger partial charge in [0, 0.05) is 21.7 Å². The topological polar surface area (TPSA) is 75.4 Å². The molecule has 198 valence electrons. The highest BCUT2D eigenvalue weighted by atomic mass is 35.5. The maximum absolute atomic E-state index is 13.4. The molecular weight excluding hydrogens is 542 g/mol. The Morgan fingerprint density at radius 2 is 1.75 bits per heavy atom. The van der Waals surface area contributed by atoms with Crippen LogP contribution in [0.25, 0.3) is 17.1 Å². The van der Waals surface area contributed by atoms with Gasteiger partial charge >= 0.3 is 0 Å². The zero-order valence-corrected chi connectivity index (χ0v) is 23.1. The van der Waals surface area contributed by atoms with Crippen LogP contribution in [-0.4, -0.2) is 24.2 Å². The molecule has 0 saturated heterocycles. The first kappa shape index (κ1) is 27.1. The number of hydrogen-bond acceptors (Lipinski definition) is 3. The summed E-state index contributed by atoms with van der Waals surface area (Å²) in [5.74, 6) is 6.41. The Balaban J connectivity index is 1.45. The Hall–Kier alpha value is -4.48. The van der Waals surface area contributed by atoms with Crippen molar-refractivity contribution in [2.24, 2.45) is 0 Å². The van der Waals surface area contributed by atoms with E-state index >= 15 is 0 Å². The molecule has 0 saturated carbocycles. The minimum absolute atomic E-state index is 0.251. The van der Waals surface area contributed by atoms with Crippen LogP contribution in [0.2, 0.25) is 5.02 Å². The van der Waals surface area contributed by atoms with Crippen molar-refractivity contribution in [3.63, 3.8) is 0 Å². The molecule has 40 heavy (non-hydrogen) atoms. The number of imidazole rings is 1. The second-order valence-electron chi connectivity index (χ2n) is 9.00. The standard InChI is InChI=1S/C32H24ClN3O3S/c1-3-23-12-16-28(17-13-23)36(40(38)39)32(37)26-15-18-30-31(20-26)35(22(2)34-30)21-27-14-11-25(19-29(27)33)10-9-24-7-5-4-6-8-24/h3-8,11-20H,1,21H2,2H3,(H,38,39). The third-order valence-electron chi connectivity index (χ3n) is 6.40. The van der Waals surface area contributed by atoms with Crippen LogP contribution in [0.1, 0.15) is 38.4 Å². The second-order valence-corrected chi connectivity index (χ2v) is 10.2. The monoisotopic (exact) mass is 565 g/mol. The summed E-state index contributed by atoms with van der Waals surface area (Å²) < 4.78 is 25.0. The van der Waals surface area contributed by atoms with E-state index in [4.69, 9.17) is 11.6 Å². The lowest BCUT2D eigenvalue weighted by molar-refractivity contribution is 0.100. The number of hydrogen-bond donors (Lipinski definition) is 1. The number of aryl methyl sites for hydroxylation is 1. The highest BCUT2D eigenvalue weighted by molar-refractivity contribution is 7.81. The van der Waals surface area contributed by atoms with Crippen LogP contribution in [0.3, 0.4) is 0 Å². The van der Waals surface area contributed by atoms with Crippen LogP contribution in [0, 0.1) is 18.8 Å². The quantitative estimate of drug-likeness (QED) is 0.180. The van der Waals surface area contributed by atoms with Gasteiger partial charge in [0.1, 0.15) is 5.82 Å². The number of aromatic nitrogens is 2. The number of amides is 1. The van der Waals surface area contributed by atoms with Crippen molar-refractivity contribution in [3.8, 4) is 11.8 Å². The summed E-state index contributed by atoms with van der Waals surface area (Å²) in [4.78, 5) is 18.0. The number of rotatable bonds is 6. The minimum Gasteiger partial charge on any atom is -0.324 e. The molecule has 1 N–H and O–H groups in total. The summed E-state index contributed by atoms with van der Waals surface area (Å²) in [6.45, 7) is 6.01. The van der Waals surface area contributed by atoms with Gasteiger partial charge < -0.3 is 4.57 Å². The molecule has 4 aromatic carbocycles. The molecule has 8 heteroatoms. The summed E-state index contributed by atoms with van der Waals surface area (Å²) in [6.07, 6.45) is 1.65. The molecule has 0 aliphatic carbocycles. The molecule has 0 bridgehead atoms. The van der Waals surface area contributed by atoms with E-state index < -0.39 is 17.2 Å². The first-order chi connectivity index (χ1) is 19.3. The molecule has 0 aliphatic rings. The minimum atomic E-state index is -2.57. The predicted octanol–water partition coefficient (Wildman–Crippen LogP) is 6.87. The molecule has 1 aromatic heterocycles. The molecule has 5 rings (SSSR count). The van der Waals surface area contributed by atoms with E-state index in [1.807, 2.05) is 60.0 Å². The van der Waals surface area contributed by atoms with Gasteiger partial charge in [0.25, 0.3) is 17.2 Å². The number of carbonyl (C=O) groups is 1. The summed E-state index contributed by atoms with van der Waals surface area (Å²) >= 11 is 4.08. The molecular formula is C32H24ClN3O3S. The van der Waals surface area contributed by atoms with Crippen LogP contribution in [0.4, 0.5) is 5.69 Å². The first-order valence-corrected chi connectivity index (χ1v) is 13.8. The largest absolute Gasteiger partial charge is 0.324 e. The van der Waals surface area contributed by atoms with Crippen LogP contribution >= 0.6 is 11.6 Å². The number of carbonyl (C=O) groups excluding carboxylic acids is 1. The van der Waals surface area contributed by atoms with Gasteiger partial charge in [-0.15, -0.1) is 0 Å². The Labute approximate surface area is 240 Å². The second kappa shape index (κ2) is 11.7. The molecule has 0 aliphatic heterocycles. The zero-order valence-electron chi connectivity index (χ0n) is 21.5. The molecule has 1 amide bonds. The lowest BCUT2D eigenvalue weighted by atomic mass is 10.1. The van der Waals surface area contributed by atoms with Crippen molar-refractivity contribution in [2.45, 2.75) is 13.5 Å². The van der Waals surface area contributed by atoms with E-state index in [1.165, 1.54) is 0 Å². The van der Waals surface area contributed by atoms with Gasteiger partial charge in [0.05, 0.1) is 23.3 Å². The van der Waals surface area contributed by atoms with E-state index in [0.29, 0.717) is 28.3 Å². The lowest BCUT2D eigenvalue weighted by Gasteiger charge is -2.18. The summed E-state index contributed by atoms with van der Waals surface area (Å²) in [5.41, 5.74) is 5.37. The molecule has 5 aromatic rings. The van der Waals surface area contributed by atoms with E-state index in [2.05, 4.69) is 23.4 Å². The predicted molar refractivity (Wildman–Crippen MR) is 162 cm³/mol. The Morgan fingerprint density at radius 3 is 2.42 bits per heavy atom. The lowest BCUT2D eigenvalue weighted by Crippen LogP contribution is -2.32. The van der Waals surface area contributed by atoms with Crippen molar-refractivity contribution in [1.82, 2.24) is 9.55 Å². The molecule has 0 spiro atoms. The van der Waals surface area contributed by atoms with Gasteiger partial charge in [0.15, 0.2) is 0 Å². The number of benzene rings is 4. The van der Waals surface area contributed by atoms with Crippen LogP contribution < -0.4 is 4.31 Å². The summed E-state index contributed by atoms with van der Waals surface area (Å²) in [6, 6.07) is 27.1. The van der Waals surface area contributed by atoms with E-state index in [1.54, 1.807) is 48.5 Å². The van der Waals surface area contributed by atoms with Gasteiger partial charge in [-0.1, -0.05) is 72.5 Å².